The SMILES string of the molecule is CCCc1cc(NC(=O)C2CCN(S(C)(=O)=O)CC2)n[nH]1. The molecule has 1 aliphatic heterocycles. The van der Waals surface area contributed by atoms with Crippen molar-refractivity contribution in [1.29, 1.82) is 0 Å². The second-order valence-electron chi connectivity index (χ2n) is 5.45. The molecular weight excluding hydrogens is 292 g/mol. The molecule has 1 aromatic heterocycles. The first-order valence-electron chi connectivity index (χ1n) is 7.20. The fraction of sp³-hybridized carbons (Fsp3) is 0.692. The van der Waals surface area contributed by atoms with Gasteiger partial charge in [0, 0.05) is 30.8 Å². The average Bonchev–Trinajstić information content (AvgIpc) is 2.86. The Morgan fingerprint density at radius 2 is 2.14 bits per heavy atom. The molecular formula is C13H22N4O3S. The number of hydrogen-bond acceptors (Lipinski definition) is 4. The van der Waals surface area contributed by atoms with Crippen LogP contribution in [0, 0.1) is 5.92 Å². The van der Waals surface area contributed by atoms with Crippen LogP contribution in [0.4, 0.5) is 5.82 Å². The van der Waals surface area contributed by atoms with Gasteiger partial charge >= 0.3 is 0 Å². The molecule has 1 aliphatic rings. The molecule has 8 heteroatoms. The molecule has 2 N–H and O–H groups in total. The largest absolute Gasteiger partial charge is 0.309 e. The third kappa shape index (κ3) is 4.28. The maximum Gasteiger partial charge on any atom is 0.228 e. The number of sulfonamides is 1. The minimum atomic E-state index is -3.15. The molecule has 0 bridgehead atoms. The molecule has 2 rings (SSSR count). The first kappa shape index (κ1) is 16.0. The van der Waals surface area contributed by atoms with Crippen LogP contribution in [0.5, 0.6) is 0 Å². The minimum Gasteiger partial charge on any atom is -0.309 e. The summed E-state index contributed by atoms with van der Waals surface area (Å²) in [6.45, 7) is 2.88. The molecule has 1 saturated heterocycles. The molecule has 0 aliphatic carbocycles. The van der Waals surface area contributed by atoms with Crippen LogP contribution in [0.3, 0.4) is 0 Å². The van der Waals surface area contributed by atoms with Crippen LogP contribution in [0.15, 0.2) is 6.07 Å². The van der Waals surface area contributed by atoms with E-state index in [1.54, 1.807) is 0 Å². The highest BCUT2D eigenvalue weighted by molar-refractivity contribution is 7.88. The van der Waals surface area contributed by atoms with E-state index >= 15 is 0 Å². The molecule has 1 aromatic rings. The summed E-state index contributed by atoms with van der Waals surface area (Å²) in [4.78, 5) is 12.2. The summed E-state index contributed by atoms with van der Waals surface area (Å²) in [7, 11) is -3.15. The predicted molar refractivity (Wildman–Crippen MR) is 80.4 cm³/mol. The summed E-state index contributed by atoms with van der Waals surface area (Å²) in [6.07, 6.45) is 4.21. The lowest BCUT2D eigenvalue weighted by molar-refractivity contribution is -0.120. The lowest BCUT2D eigenvalue weighted by Crippen LogP contribution is -2.40. The van der Waals surface area contributed by atoms with E-state index in [2.05, 4.69) is 22.4 Å². The summed E-state index contributed by atoms with van der Waals surface area (Å²) in [6, 6.07) is 1.84. The van der Waals surface area contributed by atoms with Crippen LogP contribution < -0.4 is 5.32 Å². The normalized spacial score (nSPS) is 17.8. The molecule has 0 unspecified atom stereocenters. The molecule has 21 heavy (non-hydrogen) atoms. The highest BCUT2D eigenvalue weighted by atomic mass is 32.2. The van der Waals surface area contributed by atoms with Gasteiger partial charge in [-0.2, -0.15) is 5.10 Å². The van der Waals surface area contributed by atoms with E-state index in [4.69, 9.17) is 0 Å². The van der Waals surface area contributed by atoms with E-state index in [9.17, 15) is 13.2 Å². The van der Waals surface area contributed by atoms with Crippen molar-refractivity contribution in [3.63, 3.8) is 0 Å². The third-order valence-corrected chi connectivity index (χ3v) is 5.00. The van der Waals surface area contributed by atoms with Gasteiger partial charge in [0.25, 0.3) is 0 Å². The molecule has 2 heterocycles. The molecule has 0 atom stereocenters. The lowest BCUT2D eigenvalue weighted by atomic mass is 9.97. The van der Waals surface area contributed by atoms with Crippen molar-refractivity contribution in [2.24, 2.45) is 5.92 Å². The van der Waals surface area contributed by atoms with Gasteiger partial charge in [-0.05, 0) is 19.3 Å². The van der Waals surface area contributed by atoms with E-state index in [1.807, 2.05) is 6.07 Å². The van der Waals surface area contributed by atoms with Crippen molar-refractivity contribution in [3.05, 3.63) is 11.8 Å². The molecule has 0 saturated carbocycles. The van der Waals surface area contributed by atoms with Crippen LogP contribution in [0.1, 0.15) is 31.9 Å². The third-order valence-electron chi connectivity index (χ3n) is 3.70. The number of carbonyl (C=O) groups is 1. The molecule has 1 amide bonds. The van der Waals surface area contributed by atoms with Crippen molar-refractivity contribution in [2.75, 3.05) is 24.7 Å². The quantitative estimate of drug-likeness (QED) is 0.846. The number of piperidine rings is 1. The number of amides is 1. The van der Waals surface area contributed by atoms with E-state index in [-0.39, 0.29) is 11.8 Å². The molecule has 1 fully saturated rings. The number of nitrogens with zero attached hydrogens (tertiary/aromatic N) is 2. The van der Waals surface area contributed by atoms with E-state index < -0.39 is 10.0 Å². The van der Waals surface area contributed by atoms with Crippen molar-refractivity contribution >= 4 is 21.7 Å². The highest BCUT2D eigenvalue weighted by Gasteiger charge is 2.29. The van der Waals surface area contributed by atoms with E-state index in [1.165, 1.54) is 10.6 Å². The zero-order chi connectivity index (χ0) is 15.5. The Bertz CT molecular complexity index is 588. The number of aryl methyl sites for hydroxylation is 1. The molecule has 0 aromatic carbocycles. The summed E-state index contributed by atoms with van der Waals surface area (Å²) >= 11 is 0. The van der Waals surface area contributed by atoms with Crippen LogP contribution in [-0.4, -0.2) is 48.2 Å². The Kier molecular flexibility index (Phi) is 5.00. The Labute approximate surface area is 125 Å². The molecule has 118 valence electrons. The lowest BCUT2D eigenvalue weighted by Gasteiger charge is -2.29. The van der Waals surface area contributed by atoms with Gasteiger partial charge in [0.15, 0.2) is 5.82 Å². The number of H-pyrrole nitrogens is 1. The maximum absolute atomic E-state index is 12.2. The predicted octanol–water partition coefficient (Wildman–Crippen LogP) is 0.972. The van der Waals surface area contributed by atoms with E-state index in [0.29, 0.717) is 31.7 Å². The number of aromatic nitrogens is 2. The molecule has 0 spiro atoms. The van der Waals surface area contributed by atoms with E-state index in [0.717, 1.165) is 18.5 Å². The van der Waals surface area contributed by atoms with Crippen molar-refractivity contribution in [3.8, 4) is 0 Å². The number of nitrogens with one attached hydrogen (secondary N) is 2. The zero-order valence-corrected chi connectivity index (χ0v) is 13.2. The van der Waals surface area contributed by atoms with Gasteiger partial charge in [0.05, 0.1) is 6.26 Å². The van der Waals surface area contributed by atoms with Crippen LogP contribution in [-0.2, 0) is 21.2 Å². The van der Waals surface area contributed by atoms with Gasteiger partial charge in [0.2, 0.25) is 15.9 Å². The van der Waals surface area contributed by atoms with Crippen LogP contribution in [0.2, 0.25) is 0 Å². The second kappa shape index (κ2) is 6.57. The Balaban J connectivity index is 1.87. The van der Waals surface area contributed by atoms with Crippen LogP contribution in [0.25, 0.3) is 0 Å². The number of anilines is 1. The first-order valence-corrected chi connectivity index (χ1v) is 9.05. The Morgan fingerprint density at radius 3 is 2.71 bits per heavy atom. The standard InChI is InChI=1S/C13H22N4O3S/c1-3-4-11-9-12(16-15-11)14-13(18)10-5-7-17(8-6-10)21(2,19)20/h9-10H,3-8H2,1-2H3,(H2,14,15,16,18). The smallest absolute Gasteiger partial charge is 0.228 e. The summed E-state index contributed by atoms with van der Waals surface area (Å²) in [5.41, 5.74) is 1.000. The summed E-state index contributed by atoms with van der Waals surface area (Å²) in [5, 5.41) is 9.74. The summed E-state index contributed by atoms with van der Waals surface area (Å²) in [5.74, 6) is 0.293. The monoisotopic (exact) mass is 314 g/mol. The first-order chi connectivity index (χ1) is 9.90. The number of aromatic amines is 1. The number of hydrogen-bond donors (Lipinski definition) is 2. The average molecular weight is 314 g/mol. The molecule has 7 nitrogen and oxygen atoms in total. The van der Waals surface area contributed by atoms with Crippen molar-refractivity contribution < 1.29 is 13.2 Å². The van der Waals surface area contributed by atoms with Gasteiger partial charge in [-0.25, -0.2) is 12.7 Å². The number of rotatable bonds is 5. The van der Waals surface area contributed by atoms with Crippen LogP contribution >= 0.6 is 0 Å². The van der Waals surface area contributed by atoms with Gasteiger partial charge in [0.1, 0.15) is 0 Å². The fourth-order valence-electron chi connectivity index (χ4n) is 2.50. The Hall–Kier alpha value is -1.41. The minimum absolute atomic E-state index is 0.0855. The second-order valence-corrected chi connectivity index (χ2v) is 7.44. The topological polar surface area (TPSA) is 95.2 Å². The van der Waals surface area contributed by atoms with Gasteiger partial charge in [-0.15, -0.1) is 0 Å². The number of carbonyl (C=O) groups excluding carboxylic acids is 1. The molecule has 0 radical (unpaired) electrons. The summed E-state index contributed by atoms with van der Waals surface area (Å²) < 4.78 is 24.3. The van der Waals surface area contributed by atoms with Crippen molar-refractivity contribution in [1.82, 2.24) is 14.5 Å². The zero-order valence-electron chi connectivity index (χ0n) is 12.4. The maximum atomic E-state index is 12.2. The Morgan fingerprint density at radius 1 is 1.48 bits per heavy atom. The van der Waals surface area contributed by atoms with Gasteiger partial charge in [-0.3, -0.25) is 9.89 Å². The highest BCUT2D eigenvalue weighted by Crippen LogP contribution is 2.20. The van der Waals surface area contributed by atoms with Gasteiger partial charge in [-0.1, -0.05) is 13.3 Å². The van der Waals surface area contributed by atoms with Crippen molar-refractivity contribution in [2.45, 2.75) is 32.6 Å². The van der Waals surface area contributed by atoms with Gasteiger partial charge < -0.3 is 5.32 Å². The fourth-order valence-corrected chi connectivity index (χ4v) is 3.38.